The average molecular weight is 363 g/mol. The Kier molecular flexibility index (Phi) is 4.58. The second kappa shape index (κ2) is 7.17. The number of pyridine rings is 1. The van der Waals surface area contributed by atoms with Crippen molar-refractivity contribution in [3.63, 3.8) is 0 Å². The van der Waals surface area contributed by atoms with Crippen LogP contribution in [0.15, 0.2) is 60.7 Å². The van der Waals surface area contributed by atoms with E-state index in [9.17, 15) is 9.59 Å². The first-order valence-electron chi connectivity index (χ1n) is 8.31. The second-order valence-corrected chi connectivity index (χ2v) is 7.01. The molecule has 1 aliphatic rings. The maximum absolute atomic E-state index is 12.5. The number of rotatable bonds is 4. The van der Waals surface area contributed by atoms with Gasteiger partial charge in [0, 0.05) is 10.9 Å². The number of nitrogens with zero attached hydrogens (tertiary/aromatic N) is 2. The Bertz CT molecular complexity index is 975. The van der Waals surface area contributed by atoms with Crippen molar-refractivity contribution in [2.45, 2.75) is 0 Å². The molecule has 0 saturated carbocycles. The van der Waals surface area contributed by atoms with Crippen LogP contribution in [-0.2, 0) is 9.59 Å². The maximum Gasteiger partial charge on any atom is 0.244 e. The Hall–Kier alpha value is -2.86. The summed E-state index contributed by atoms with van der Waals surface area (Å²) in [5.41, 5.74) is 3.31. The van der Waals surface area contributed by atoms with Crippen molar-refractivity contribution in [1.82, 2.24) is 9.88 Å². The van der Waals surface area contributed by atoms with Gasteiger partial charge in [0.1, 0.15) is 6.54 Å². The quantitative estimate of drug-likeness (QED) is 0.772. The van der Waals surface area contributed by atoms with Crippen LogP contribution in [0.2, 0.25) is 0 Å². The fourth-order valence-corrected chi connectivity index (χ4v) is 3.84. The van der Waals surface area contributed by atoms with E-state index in [-0.39, 0.29) is 18.4 Å². The molecule has 0 aliphatic carbocycles. The maximum atomic E-state index is 12.5. The van der Waals surface area contributed by atoms with Gasteiger partial charge in [0.15, 0.2) is 0 Å². The smallest absolute Gasteiger partial charge is 0.244 e. The summed E-state index contributed by atoms with van der Waals surface area (Å²) < 4.78 is 0. The SMILES string of the molecule is O=C(CN1CSCC1=O)Nc1cc(-c2ccccc2)nc2ccccc12. The standard InChI is InChI=1S/C20H17N3O2S/c24-19(11-23-13-26-12-20(23)25)22-18-10-17(14-6-2-1-3-7-14)21-16-9-5-4-8-15(16)18/h1-10H,11-13H2,(H,21,22,24). The Labute approximate surface area is 155 Å². The summed E-state index contributed by atoms with van der Waals surface area (Å²) in [6.07, 6.45) is 0. The first-order chi connectivity index (χ1) is 12.7. The Balaban J connectivity index is 1.66. The van der Waals surface area contributed by atoms with Crippen LogP contribution in [0.1, 0.15) is 0 Å². The van der Waals surface area contributed by atoms with Crippen molar-refractivity contribution in [3.8, 4) is 11.3 Å². The van der Waals surface area contributed by atoms with Crippen molar-refractivity contribution in [3.05, 3.63) is 60.7 Å². The van der Waals surface area contributed by atoms with Gasteiger partial charge in [-0.3, -0.25) is 9.59 Å². The lowest BCUT2D eigenvalue weighted by atomic mass is 10.1. The van der Waals surface area contributed by atoms with Gasteiger partial charge < -0.3 is 10.2 Å². The number of benzene rings is 2. The van der Waals surface area contributed by atoms with Crippen LogP contribution in [0.5, 0.6) is 0 Å². The molecular formula is C20H17N3O2S. The van der Waals surface area contributed by atoms with Gasteiger partial charge in [-0.2, -0.15) is 0 Å². The number of hydrogen-bond donors (Lipinski definition) is 1. The average Bonchev–Trinajstić information content (AvgIpc) is 3.07. The van der Waals surface area contributed by atoms with E-state index in [4.69, 9.17) is 4.98 Å². The molecule has 3 aromatic rings. The van der Waals surface area contributed by atoms with Crippen molar-refractivity contribution in [1.29, 1.82) is 0 Å². The fraction of sp³-hybridized carbons (Fsp3) is 0.150. The lowest BCUT2D eigenvalue weighted by Crippen LogP contribution is -2.34. The highest BCUT2D eigenvalue weighted by atomic mass is 32.2. The van der Waals surface area contributed by atoms with E-state index in [1.165, 1.54) is 11.8 Å². The minimum atomic E-state index is -0.198. The van der Waals surface area contributed by atoms with Crippen LogP contribution in [0.25, 0.3) is 22.2 Å². The molecule has 130 valence electrons. The minimum absolute atomic E-state index is 0.00899. The first kappa shape index (κ1) is 16.6. The van der Waals surface area contributed by atoms with Crippen LogP contribution < -0.4 is 5.32 Å². The molecule has 6 heteroatoms. The summed E-state index contributed by atoms with van der Waals surface area (Å²) in [5.74, 6) is 0.827. The van der Waals surface area contributed by atoms with E-state index in [0.29, 0.717) is 17.3 Å². The number of fused-ring (bicyclic) bond motifs is 1. The third kappa shape index (κ3) is 3.41. The van der Waals surface area contributed by atoms with Crippen molar-refractivity contribution in [2.24, 2.45) is 0 Å². The molecule has 1 fully saturated rings. The van der Waals surface area contributed by atoms with Crippen LogP contribution in [0.3, 0.4) is 0 Å². The molecule has 1 aliphatic heterocycles. The molecule has 0 bridgehead atoms. The molecule has 2 amide bonds. The van der Waals surface area contributed by atoms with E-state index >= 15 is 0 Å². The van der Waals surface area contributed by atoms with Gasteiger partial charge in [0.2, 0.25) is 11.8 Å². The zero-order valence-corrected chi connectivity index (χ0v) is 14.8. The number of thioether (sulfide) groups is 1. The summed E-state index contributed by atoms with van der Waals surface area (Å²) in [7, 11) is 0. The third-order valence-electron chi connectivity index (χ3n) is 4.22. The molecule has 26 heavy (non-hydrogen) atoms. The third-order valence-corrected chi connectivity index (χ3v) is 5.16. The summed E-state index contributed by atoms with van der Waals surface area (Å²) in [4.78, 5) is 30.5. The number of para-hydroxylation sites is 1. The van der Waals surface area contributed by atoms with Crippen LogP contribution in [0.4, 0.5) is 5.69 Å². The second-order valence-electron chi connectivity index (χ2n) is 6.06. The van der Waals surface area contributed by atoms with Crippen LogP contribution in [-0.4, -0.2) is 39.9 Å². The van der Waals surface area contributed by atoms with Gasteiger partial charge in [-0.05, 0) is 12.1 Å². The summed E-state index contributed by atoms with van der Waals surface area (Å²) in [5, 5.41) is 3.84. The molecule has 1 aromatic heterocycles. The predicted octanol–water partition coefficient (Wildman–Crippen LogP) is 3.37. The molecule has 0 radical (unpaired) electrons. The van der Waals surface area contributed by atoms with Crippen LogP contribution in [0, 0.1) is 0 Å². The highest BCUT2D eigenvalue weighted by Gasteiger charge is 2.23. The predicted molar refractivity (Wildman–Crippen MR) is 105 cm³/mol. The van der Waals surface area contributed by atoms with E-state index in [0.717, 1.165) is 22.2 Å². The topological polar surface area (TPSA) is 62.3 Å². The molecule has 4 rings (SSSR count). The monoisotopic (exact) mass is 363 g/mol. The van der Waals surface area contributed by atoms with Crippen molar-refractivity contribution >= 4 is 40.2 Å². The van der Waals surface area contributed by atoms with E-state index in [2.05, 4.69) is 5.32 Å². The largest absolute Gasteiger partial charge is 0.324 e. The highest BCUT2D eigenvalue weighted by molar-refractivity contribution is 8.00. The first-order valence-corrected chi connectivity index (χ1v) is 9.47. The van der Waals surface area contributed by atoms with Gasteiger partial charge in [-0.1, -0.05) is 48.5 Å². The van der Waals surface area contributed by atoms with Gasteiger partial charge in [-0.15, -0.1) is 11.8 Å². The van der Waals surface area contributed by atoms with Gasteiger partial charge in [0.25, 0.3) is 0 Å². The number of carbonyl (C=O) groups is 2. The number of anilines is 1. The lowest BCUT2D eigenvalue weighted by molar-refractivity contribution is -0.130. The zero-order chi connectivity index (χ0) is 17.9. The van der Waals surface area contributed by atoms with E-state index in [1.54, 1.807) is 4.90 Å². The molecule has 1 saturated heterocycles. The highest BCUT2D eigenvalue weighted by Crippen LogP contribution is 2.28. The number of aromatic nitrogens is 1. The van der Waals surface area contributed by atoms with Gasteiger partial charge in [0.05, 0.1) is 28.5 Å². The van der Waals surface area contributed by atoms with Crippen molar-refractivity contribution in [2.75, 3.05) is 23.5 Å². The summed E-state index contributed by atoms with van der Waals surface area (Å²) in [6.45, 7) is 0.0726. The molecule has 0 spiro atoms. The number of nitrogens with one attached hydrogen (secondary N) is 1. The molecule has 1 N–H and O–H groups in total. The van der Waals surface area contributed by atoms with Crippen molar-refractivity contribution < 1.29 is 9.59 Å². The lowest BCUT2D eigenvalue weighted by Gasteiger charge is -2.16. The minimum Gasteiger partial charge on any atom is -0.324 e. The van der Waals surface area contributed by atoms with Crippen LogP contribution >= 0.6 is 11.8 Å². The summed E-state index contributed by atoms with van der Waals surface area (Å²) in [6, 6.07) is 19.4. The Morgan fingerprint density at radius 2 is 1.88 bits per heavy atom. The number of carbonyl (C=O) groups excluding carboxylic acids is 2. The molecule has 5 nitrogen and oxygen atoms in total. The van der Waals surface area contributed by atoms with E-state index < -0.39 is 0 Å². The molecule has 2 heterocycles. The van der Waals surface area contributed by atoms with E-state index in [1.807, 2.05) is 60.7 Å². The molecule has 0 atom stereocenters. The zero-order valence-electron chi connectivity index (χ0n) is 14.0. The normalized spacial score (nSPS) is 14.0. The molecular weight excluding hydrogens is 346 g/mol. The number of amides is 2. The molecule has 0 unspecified atom stereocenters. The summed E-state index contributed by atoms with van der Waals surface area (Å²) >= 11 is 1.53. The molecule has 2 aromatic carbocycles. The van der Waals surface area contributed by atoms with Gasteiger partial charge in [-0.25, -0.2) is 4.98 Å². The van der Waals surface area contributed by atoms with Gasteiger partial charge >= 0.3 is 0 Å². The fourth-order valence-electron chi connectivity index (χ4n) is 2.94. The Morgan fingerprint density at radius 1 is 1.12 bits per heavy atom. The number of hydrogen-bond acceptors (Lipinski definition) is 4. The Morgan fingerprint density at radius 3 is 2.65 bits per heavy atom.